The third-order valence-corrected chi connectivity index (χ3v) is 2.49. The molecule has 1 rings (SSSR count). The minimum Gasteiger partial charge on any atom is -0.229 e. The zero-order chi connectivity index (χ0) is 10.7. The summed E-state index contributed by atoms with van der Waals surface area (Å²) in [5.41, 5.74) is 0.128. The minimum atomic E-state index is -2.63. The smallest absolute Gasteiger partial charge is 0.229 e. The highest BCUT2D eigenvalue weighted by atomic mass is 79.9. The molecule has 0 aromatic carbocycles. The lowest BCUT2D eigenvalue weighted by Crippen LogP contribution is -1.97. The van der Waals surface area contributed by atoms with Gasteiger partial charge in [0.25, 0.3) is 6.43 Å². The fourth-order valence-electron chi connectivity index (χ4n) is 0.902. The highest BCUT2D eigenvalue weighted by Crippen LogP contribution is 2.28. The molecular formula is C8H4BrClF2N2. The molecule has 1 aromatic rings. The molecule has 0 atom stereocenters. The Kier molecular flexibility index (Phi) is 3.78. The van der Waals surface area contributed by atoms with Gasteiger partial charge in [-0.1, -0.05) is 0 Å². The Balaban J connectivity index is 3.32. The van der Waals surface area contributed by atoms with E-state index in [-0.39, 0.29) is 21.7 Å². The molecule has 0 unspecified atom stereocenters. The SMILES string of the molecule is N#Cc1nc(Br)c(C(F)F)cc1CCl. The van der Waals surface area contributed by atoms with Crippen LogP contribution in [-0.2, 0) is 5.88 Å². The van der Waals surface area contributed by atoms with Crippen LogP contribution in [0.15, 0.2) is 10.7 Å². The van der Waals surface area contributed by atoms with Gasteiger partial charge < -0.3 is 0 Å². The van der Waals surface area contributed by atoms with Gasteiger partial charge in [-0.25, -0.2) is 13.8 Å². The number of pyridine rings is 1. The van der Waals surface area contributed by atoms with E-state index < -0.39 is 6.43 Å². The van der Waals surface area contributed by atoms with Crippen molar-refractivity contribution in [2.45, 2.75) is 12.3 Å². The molecule has 0 spiro atoms. The van der Waals surface area contributed by atoms with Crippen LogP contribution in [0.1, 0.15) is 23.2 Å². The summed E-state index contributed by atoms with van der Waals surface area (Å²) in [5.74, 6) is -0.0110. The van der Waals surface area contributed by atoms with Crippen molar-refractivity contribution < 1.29 is 8.78 Å². The maximum absolute atomic E-state index is 12.4. The van der Waals surface area contributed by atoms with Crippen LogP contribution in [0.4, 0.5) is 8.78 Å². The van der Waals surface area contributed by atoms with Crippen LogP contribution in [0.25, 0.3) is 0 Å². The van der Waals surface area contributed by atoms with Crippen molar-refractivity contribution in [3.63, 3.8) is 0 Å². The molecule has 0 radical (unpaired) electrons. The third kappa shape index (κ3) is 2.20. The summed E-state index contributed by atoms with van der Waals surface area (Å²) >= 11 is 8.36. The molecule has 0 aliphatic heterocycles. The highest BCUT2D eigenvalue weighted by Gasteiger charge is 2.16. The summed E-state index contributed by atoms with van der Waals surface area (Å²) in [6, 6.07) is 2.97. The monoisotopic (exact) mass is 280 g/mol. The Labute approximate surface area is 92.6 Å². The maximum Gasteiger partial charge on any atom is 0.266 e. The summed E-state index contributed by atoms with van der Waals surface area (Å²) < 4.78 is 24.8. The van der Waals surface area contributed by atoms with Crippen molar-refractivity contribution in [1.29, 1.82) is 5.26 Å². The van der Waals surface area contributed by atoms with E-state index in [1.165, 1.54) is 6.07 Å². The fraction of sp³-hybridized carbons (Fsp3) is 0.250. The first kappa shape index (κ1) is 11.3. The standard InChI is InChI=1S/C8H4BrClF2N2/c9-7-5(8(11)12)1-4(2-10)6(3-13)14-7/h1,8H,2H2. The van der Waals surface area contributed by atoms with Crippen LogP contribution >= 0.6 is 27.5 Å². The number of nitriles is 1. The number of hydrogen-bond acceptors (Lipinski definition) is 2. The average molecular weight is 281 g/mol. The predicted octanol–water partition coefficient (Wildman–Crippen LogP) is 3.39. The summed E-state index contributed by atoms with van der Waals surface area (Å²) in [4.78, 5) is 3.67. The van der Waals surface area contributed by atoms with Crippen LogP contribution in [0, 0.1) is 11.3 Å². The van der Waals surface area contributed by atoms with Crippen LogP contribution < -0.4 is 0 Å². The molecular weight excluding hydrogens is 277 g/mol. The number of rotatable bonds is 2. The van der Waals surface area contributed by atoms with Crippen molar-refractivity contribution in [1.82, 2.24) is 4.98 Å². The van der Waals surface area contributed by atoms with Crippen molar-refractivity contribution in [2.24, 2.45) is 0 Å². The van der Waals surface area contributed by atoms with E-state index in [2.05, 4.69) is 20.9 Å². The lowest BCUT2D eigenvalue weighted by atomic mass is 10.1. The van der Waals surface area contributed by atoms with Crippen molar-refractivity contribution in [3.8, 4) is 6.07 Å². The van der Waals surface area contributed by atoms with E-state index in [0.717, 1.165) is 0 Å². The first-order valence-electron chi connectivity index (χ1n) is 3.53. The van der Waals surface area contributed by atoms with Gasteiger partial charge >= 0.3 is 0 Å². The summed E-state index contributed by atoms with van der Waals surface area (Å²) in [5, 5.41) is 8.62. The molecule has 0 aliphatic carbocycles. The molecule has 0 bridgehead atoms. The maximum atomic E-state index is 12.4. The normalized spacial score (nSPS) is 10.3. The van der Waals surface area contributed by atoms with Crippen LogP contribution in [-0.4, -0.2) is 4.98 Å². The molecule has 74 valence electrons. The van der Waals surface area contributed by atoms with Gasteiger partial charge in [-0.15, -0.1) is 11.6 Å². The van der Waals surface area contributed by atoms with Crippen LogP contribution in [0.5, 0.6) is 0 Å². The van der Waals surface area contributed by atoms with Crippen LogP contribution in [0.3, 0.4) is 0 Å². The second-order valence-corrected chi connectivity index (χ2v) is 3.44. The quantitative estimate of drug-likeness (QED) is 0.615. The van der Waals surface area contributed by atoms with Crippen molar-refractivity contribution >= 4 is 27.5 Å². The lowest BCUT2D eigenvalue weighted by molar-refractivity contribution is 0.150. The summed E-state index contributed by atoms with van der Waals surface area (Å²) in [6.45, 7) is 0. The molecule has 14 heavy (non-hydrogen) atoms. The fourth-order valence-corrected chi connectivity index (χ4v) is 1.57. The van der Waals surface area contributed by atoms with E-state index in [1.54, 1.807) is 6.07 Å². The topological polar surface area (TPSA) is 36.7 Å². The van der Waals surface area contributed by atoms with E-state index in [9.17, 15) is 8.78 Å². The number of halogens is 4. The number of alkyl halides is 3. The van der Waals surface area contributed by atoms with Crippen molar-refractivity contribution in [2.75, 3.05) is 0 Å². The summed E-state index contributed by atoms with van der Waals surface area (Å²) in [6.07, 6.45) is -2.63. The van der Waals surface area contributed by atoms with Gasteiger partial charge in [0, 0.05) is 5.56 Å². The second kappa shape index (κ2) is 4.67. The number of aromatic nitrogens is 1. The van der Waals surface area contributed by atoms with E-state index >= 15 is 0 Å². The van der Waals surface area contributed by atoms with E-state index in [1.807, 2.05) is 0 Å². The summed E-state index contributed by atoms with van der Waals surface area (Å²) in [7, 11) is 0. The minimum absolute atomic E-state index is 0.0110. The molecule has 0 saturated carbocycles. The third-order valence-electron chi connectivity index (χ3n) is 1.57. The molecule has 0 fully saturated rings. The molecule has 0 amide bonds. The van der Waals surface area contributed by atoms with Gasteiger partial charge in [0.05, 0.1) is 11.4 Å². The molecule has 0 aliphatic rings. The van der Waals surface area contributed by atoms with Gasteiger partial charge in [0.1, 0.15) is 16.4 Å². The second-order valence-electron chi connectivity index (χ2n) is 2.42. The Bertz CT molecular complexity index is 389. The van der Waals surface area contributed by atoms with Crippen molar-refractivity contribution in [3.05, 3.63) is 27.5 Å². The molecule has 0 N–H and O–H groups in total. The average Bonchev–Trinajstić information content (AvgIpc) is 2.16. The first-order chi connectivity index (χ1) is 6.60. The van der Waals surface area contributed by atoms with Gasteiger partial charge in [-0.2, -0.15) is 5.26 Å². The molecule has 1 heterocycles. The van der Waals surface area contributed by atoms with Gasteiger partial charge in [0.2, 0.25) is 0 Å². The van der Waals surface area contributed by atoms with Gasteiger partial charge in [-0.3, -0.25) is 0 Å². The van der Waals surface area contributed by atoms with E-state index in [0.29, 0.717) is 5.56 Å². The molecule has 0 saturated heterocycles. The zero-order valence-corrected chi connectivity index (χ0v) is 9.11. The number of nitrogens with zero attached hydrogens (tertiary/aromatic N) is 2. The Morgan fingerprint density at radius 2 is 2.29 bits per heavy atom. The molecule has 6 heteroatoms. The first-order valence-corrected chi connectivity index (χ1v) is 4.86. The largest absolute Gasteiger partial charge is 0.266 e. The van der Waals surface area contributed by atoms with E-state index in [4.69, 9.17) is 16.9 Å². The highest BCUT2D eigenvalue weighted by molar-refractivity contribution is 9.10. The Morgan fingerprint density at radius 3 is 2.71 bits per heavy atom. The van der Waals surface area contributed by atoms with Gasteiger partial charge in [0.15, 0.2) is 0 Å². The Hall–Kier alpha value is -0.730. The number of hydrogen-bond donors (Lipinski definition) is 0. The predicted molar refractivity (Wildman–Crippen MR) is 51.2 cm³/mol. The Morgan fingerprint density at radius 1 is 1.64 bits per heavy atom. The molecule has 2 nitrogen and oxygen atoms in total. The van der Waals surface area contributed by atoms with Gasteiger partial charge in [-0.05, 0) is 22.0 Å². The molecule has 1 aromatic heterocycles. The zero-order valence-electron chi connectivity index (χ0n) is 6.77. The van der Waals surface area contributed by atoms with Crippen LogP contribution in [0.2, 0.25) is 0 Å². The lowest BCUT2D eigenvalue weighted by Gasteiger charge is -2.05.